The van der Waals surface area contributed by atoms with Gasteiger partial charge >= 0.3 is 0 Å². The van der Waals surface area contributed by atoms with Crippen LogP contribution in [0.2, 0.25) is 0 Å². The van der Waals surface area contributed by atoms with E-state index in [1.54, 1.807) is 0 Å². The monoisotopic (exact) mass is 147 g/mol. The summed E-state index contributed by atoms with van der Waals surface area (Å²) in [5, 5.41) is 0.0767. The van der Waals surface area contributed by atoms with Gasteiger partial charge in [-0.25, -0.2) is 0 Å². The van der Waals surface area contributed by atoms with E-state index in [-0.39, 0.29) is 10.9 Å². The van der Waals surface area contributed by atoms with Crippen LogP contribution < -0.4 is 5.73 Å². The highest BCUT2D eigenvalue weighted by atomic mass is 35.5. The lowest BCUT2D eigenvalue weighted by Crippen LogP contribution is -2.28. The molecule has 0 fully saturated rings. The van der Waals surface area contributed by atoms with E-state index in [1.165, 1.54) is 0 Å². The lowest BCUT2D eigenvalue weighted by Gasteiger charge is -2.11. The lowest BCUT2D eigenvalue weighted by atomic mass is 10.1. The molecule has 0 radical (unpaired) electrons. The van der Waals surface area contributed by atoms with Gasteiger partial charge < -0.3 is 5.73 Å². The molecule has 0 aliphatic rings. The third-order valence-electron chi connectivity index (χ3n) is 0.791. The summed E-state index contributed by atoms with van der Waals surface area (Å²) in [5.41, 5.74) is 5.41. The number of hydrogen-bond acceptors (Lipinski definition) is 1. The molecule has 2 N–H and O–H groups in total. The molecular weight excluding hydrogens is 134 g/mol. The van der Waals surface area contributed by atoms with Crippen LogP contribution in [0.15, 0.2) is 12.2 Å². The summed E-state index contributed by atoms with van der Waals surface area (Å²) in [6, 6.07) is 0. The number of alkyl halides is 1. The molecule has 0 rings (SSSR count). The Balaban J connectivity index is 3.71. The fourth-order valence-corrected chi connectivity index (χ4v) is 0.453. The van der Waals surface area contributed by atoms with Crippen LogP contribution in [0.4, 0.5) is 0 Å². The van der Waals surface area contributed by atoms with Crippen LogP contribution in [-0.4, -0.2) is 10.9 Å². The Morgan fingerprint density at radius 1 is 1.56 bits per heavy atom. The van der Waals surface area contributed by atoms with Crippen molar-refractivity contribution < 1.29 is 0 Å². The van der Waals surface area contributed by atoms with Crippen molar-refractivity contribution in [2.45, 2.75) is 31.7 Å². The number of allylic oxidation sites excluding steroid dienone is 1. The second-order valence-electron chi connectivity index (χ2n) is 2.86. The normalized spacial score (nSPS) is 16.6. The number of rotatable bonds is 2. The van der Waals surface area contributed by atoms with Gasteiger partial charge in [-0.2, -0.15) is 0 Å². The zero-order valence-corrected chi connectivity index (χ0v) is 6.94. The van der Waals surface area contributed by atoms with Crippen molar-refractivity contribution in [1.82, 2.24) is 0 Å². The average molecular weight is 148 g/mol. The van der Waals surface area contributed by atoms with Crippen LogP contribution in [0, 0.1) is 0 Å². The molecule has 0 aromatic heterocycles. The first-order chi connectivity index (χ1) is 3.92. The van der Waals surface area contributed by atoms with E-state index in [9.17, 15) is 0 Å². The van der Waals surface area contributed by atoms with Gasteiger partial charge in [0.15, 0.2) is 0 Å². The van der Waals surface area contributed by atoms with Crippen LogP contribution >= 0.6 is 11.6 Å². The van der Waals surface area contributed by atoms with Gasteiger partial charge in [0.2, 0.25) is 0 Å². The molecule has 1 nitrogen and oxygen atoms in total. The maximum Gasteiger partial charge on any atom is 0.0488 e. The van der Waals surface area contributed by atoms with E-state index < -0.39 is 0 Å². The van der Waals surface area contributed by atoms with Gasteiger partial charge in [-0.05, 0) is 20.8 Å². The first-order valence-electron chi connectivity index (χ1n) is 3.04. The summed E-state index contributed by atoms with van der Waals surface area (Å²) in [5.74, 6) is 0. The minimum atomic E-state index is -0.233. The molecule has 0 spiro atoms. The molecule has 0 saturated heterocycles. The minimum absolute atomic E-state index is 0.0767. The molecule has 0 aliphatic heterocycles. The van der Waals surface area contributed by atoms with Crippen LogP contribution in [0.5, 0.6) is 0 Å². The maximum absolute atomic E-state index is 5.64. The molecule has 0 bridgehead atoms. The predicted molar refractivity (Wildman–Crippen MR) is 42.7 cm³/mol. The Kier molecular flexibility index (Phi) is 3.23. The molecule has 1 atom stereocenters. The molecule has 0 aromatic rings. The molecule has 9 heavy (non-hydrogen) atoms. The van der Waals surface area contributed by atoms with Crippen molar-refractivity contribution in [2.75, 3.05) is 0 Å². The summed E-state index contributed by atoms with van der Waals surface area (Å²) in [6.45, 7) is 5.77. The number of nitrogens with two attached hydrogens (primary N) is 1. The van der Waals surface area contributed by atoms with Crippen LogP contribution in [0.25, 0.3) is 0 Å². The molecule has 0 unspecified atom stereocenters. The highest BCUT2D eigenvalue weighted by Gasteiger charge is 2.03. The van der Waals surface area contributed by atoms with Gasteiger partial charge in [0.25, 0.3) is 0 Å². The molecule has 0 aromatic carbocycles. The number of hydrogen-bond donors (Lipinski definition) is 1. The smallest absolute Gasteiger partial charge is 0.0488 e. The standard InChI is InChI=1S/C7H14ClN/c1-6(8)4-5-7(2,3)9/h4-6H,9H2,1-3H3/b5-4-/t6-/m1/s1. The quantitative estimate of drug-likeness (QED) is 0.469. The van der Waals surface area contributed by atoms with E-state index in [1.807, 2.05) is 32.9 Å². The molecule has 2 heteroatoms. The van der Waals surface area contributed by atoms with Gasteiger partial charge in [0.05, 0.1) is 0 Å². The summed E-state index contributed by atoms with van der Waals surface area (Å²) >= 11 is 5.64. The fourth-order valence-electron chi connectivity index (χ4n) is 0.381. The highest BCUT2D eigenvalue weighted by Crippen LogP contribution is 2.02. The third-order valence-corrected chi connectivity index (χ3v) is 0.936. The van der Waals surface area contributed by atoms with Crippen LogP contribution in [-0.2, 0) is 0 Å². The van der Waals surface area contributed by atoms with Gasteiger partial charge in [-0.15, -0.1) is 11.6 Å². The van der Waals surface area contributed by atoms with Crippen molar-refractivity contribution in [2.24, 2.45) is 5.73 Å². The first kappa shape index (κ1) is 8.99. The van der Waals surface area contributed by atoms with E-state index in [4.69, 9.17) is 17.3 Å². The zero-order chi connectivity index (χ0) is 7.49. The molecule has 54 valence electrons. The Bertz CT molecular complexity index is 100.0. The van der Waals surface area contributed by atoms with E-state index in [0.29, 0.717) is 0 Å². The van der Waals surface area contributed by atoms with Crippen molar-refractivity contribution in [3.05, 3.63) is 12.2 Å². The van der Waals surface area contributed by atoms with E-state index in [0.717, 1.165) is 0 Å². The zero-order valence-electron chi connectivity index (χ0n) is 6.19. The van der Waals surface area contributed by atoms with Crippen molar-refractivity contribution in [3.63, 3.8) is 0 Å². The first-order valence-corrected chi connectivity index (χ1v) is 3.48. The Morgan fingerprint density at radius 2 is 2.00 bits per heavy atom. The summed E-state index contributed by atoms with van der Waals surface area (Å²) in [6.07, 6.45) is 3.80. The van der Waals surface area contributed by atoms with Gasteiger partial charge in [0.1, 0.15) is 0 Å². The third kappa shape index (κ3) is 7.99. The van der Waals surface area contributed by atoms with E-state index in [2.05, 4.69) is 0 Å². The summed E-state index contributed by atoms with van der Waals surface area (Å²) < 4.78 is 0. The average Bonchev–Trinajstić information content (AvgIpc) is 1.59. The molecular formula is C7H14ClN. The second kappa shape index (κ2) is 3.23. The Labute approximate surface area is 61.9 Å². The lowest BCUT2D eigenvalue weighted by molar-refractivity contribution is 0.652. The van der Waals surface area contributed by atoms with Crippen molar-refractivity contribution in [1.29, 1.82) is 0 Å². The number of halogens is 1. The molecule has 0 amide bonds. The van der Waals surface area contributed by atoms with Crippen molar-refractivity contribution in [3.8, 4) is 0 Å². The molecule has 0 aliphatic carbocycles. The topological polar surface area (TPSA) is 26.0 Å². The minimum Gasteiger partial charge on any atom is -0.322 e. The summed E-state index contributed by atoms with van der Waals surface area (Å²) in [4.78, 5) is 0. The van der Waals surface area contributed by atoms with E-state index >= 15 is 0 Å². The Hall–Kier alpha value is -0.0100. The van der Waals surface area contributed by atoms with Crippen LogP contribution in [0.3, 0.4) is 0 Å². The van der Waals surface area contributed by atoms with Gasteiger partial charge in [0, 0.05) is 10.9 Å². The molecule has 0 heterocycles. The highest BCUT2D eigenvalue weighted by molar-refractivity contribution is 6.21. The Morgan fingerprint density at radius 3 is 2.11 bits per heavy atom. The maximum atomic E-state index is 5.64. The van der Waals surface area contributed by atoms with Crippen molar-refractivity contribution >= 4 is 11.6 Å². The van der Waals surface area contributed by atoms with Crippen LogP contribution in [0.1, 0.15) is 20.8 Å². The summed E-state index contributed by atoms with van der Waals surface area (Å²) in [7, 11) is 0. The van der Waals surface area contributed by atoms with Gasteiger partial charge in [-0.1, -0.05) is 12.2 Å². The SMILES string of the molecule is C[C@@H](Cl)/C=C\C(C)(C)N. The fraction of sp³-hybridized carbons (Fsp3) is 0.714. The largest absolute Gasteiger partial charge is 0.322 e. The second-order valence-corrected chi connectivity index (χ2v) is 3.55. The molecule has 0 saturated carbocycles. The predicted octanol–water partition coefficient (Wildman–Crippen LogP) is 1.91. The van der Waals surface area contributed by atoms with Gasteiger partial charge in [-0.3, -0.25) is 0 Å².